The summed E-state index contributed by atoms with van der Waals surface area (Å²) in [6.45, 7) is 1.79. The molecule has 0 bridgehead atoms. The molecule has 0 atom stereocenters. The molecular formula is C19H18N2O4S. The van der Waals surface area contributed by atoms with Gasteiger partial charge in [0.05, 0.1) is 13.3 Å². The van der Waals surface area contributed by atoms with Crippen LogP contribution >= 0.6 is 0 Å². The molecule has 0 unspecified atom stereocenters. The zero-order chi connectivity index (χ0) is 18.7. The van der Waals surface area contributed by atoms with Crippen molar-refractivity contribution in [2.45, 2.75) is 11.8 Å². The summed E-state index contributed by atoms with van der Waals surface area (Å²) in [6.07, 6.45) is 1.29. The molecule has 3 rings (SSSR count). The Morgan fingerprint density at radius 2 is 1.88 bits per heavy atom. The quantitative estimate of drug-likeness (QED) is 0.533. The van der Waals surface area contributed by atoms with Crippen LogP contribution in [0.5, 0.6) is 11.5 Å². The fourth-order valence-corrected chi connectivity index (χ4v) is 3.67. The molecule has 26 heavy (non-hydrogen) atoms. The van der Waals surface area contributed by atoms with Crippen LogP contribution in [0.1, 0.15) is 11.1 Å². The predicted molar refractivity (Wildman–Crippen MR) is 101 cm³/mol. The number of methoxy groups -OCH3 is 1. The Kier molecular flexibility index (Phi) is 4.81. The molecule has 3 aromatic rings. The lowest BCUT2D eigenvalue weighted by Crippen LogP contribution is -2.19. The number of phenols is 1. The van der Waals surface area contributed by atoms with Crippen LogP contribution in [0.4, 0.5) is 0 Å². The van der Waals surface area contributed by atoms with Crippen LogP contribution in [-0.4, -0.2) is 26.8 Å². The standard InChI is InChI=1S/C19H18N2O4S/c1-13-7-10-18(25-2)19(11-13)26(23,24)21-20-12-16-15-6-4-3-5-14(15)8-9-17(16)22/h3-12,21-22H,1-2H3/b20-12+. The summed E-state index contributed by atoms with van der Waals surface area (Å²) >= 11 is 0. The van der Waals surface area contributed by atoms with Gasteiger partial charge in [-0.25, -0.2) is 0 Å². The molecule has 0 saturated heterocycles. The second kappa shape index (κ2) is 7.05. The number of aromatic hydroxyl groups is 1. The number of nitrogens with one attached hydrogen (secondary N) is 1. The number of rotatable bonds is 5. The minimum absolute atomic E-state index is 0.000656. The van der Waals surface area contributed by atoms with E-state index in [1.807, 2.05) is 24.3 Å². The Labute approximate surface area is 151 Å². The zero-order valence-electron chi connectivity index (χ0n) is 14.3. The Morgan fingerprint density at radius 3 is 2.65 bits per heavy atom. The van der Waals surface area contributed by atoms with Crippen molar-refractivity contribution in [1.82, 2.24) is 4.83 Å². The Bertz CT molecular complexity index is 1090. The number of hydrogen-bond donors (Lipinski definition) is 2. The molecule has 0 radical (unpaired) electrons. The fraction of sp³-hybridized carbons (Fsp3) is 0.105. The second-order valence-electron chi connectivity index (χ2n) is 5.73. The van der Waals surface area contributed by atoms with Gasteiger partial charge in [0.1, 0.15) is 16.4 Å². The van der Waals surface area contributed by atoms with Gasteiger partial charge in [-0.3, -0.25) is 0 Å². The van der Waals surface area contributed by atoms with Crippen molar-refractivity contribution in [3.63, 3.8) is 0 Å². The summed E-state index contributed by atoms with van der Waals surface area (Å²) in [5, 5.41) is 15.6. The molecule has 3 aromatic carbocycles. The van der Waals surface area contributed by atoms with Crippen molar-refractivity contribution in [2.75, 3.05) is 7.11 Å². The third kappa shape index (κ3) is 3.48. The molecule has 134 valence electrons. The summed E-state index contributed by atoms with van der Waals surface area (Å²) in [4.78, 5) is 2.17. The molecule has 6 nitrogen and oxygen atoms in total. The van der Waals surface area contributed by atoms with E-state index in [2.05, 4.69) is 9.93 Å². The van der Waals surface area contributed by atoms with Crippen LogP contribution < -0.4 is 9.57 Å². The Hall–Kier alpha value is -3.06. The van der Waals surface area contributed by atoms with Crippen LogP contribution in [0.25, 0.3) is 10.8 Å². The van der Waals surface area contributed by atoms with E-state index >= 15 is 0 Å². The van der Waals surface area contributed by atoms with E-state index in [4.69, 9.17) is 4.74 Å². The molecule has 0 aliphatic rings. The molecule has 0 saturated carbocycles. The van der Waals surface area contributed by atoms with Gasteiger partial charge in [-0.05, 0) is 41.5 Å². The van der Waals surface area contributed by atoms with Gasteiger partial charge in [0.15, 0.2) is 0 Å². The van der Waals surface area contributed by atoms with E-state index in [-0.39, 0.29) is 16.4 Å². The van der Waals surface area contributed by atoms with E-state index in [0.717, 1.165) is 16.3 Å². The number of hydrazone groups is 1. The number of aryl methyl sites for hydroxylation is 1. The molecule has 7 heteroatoms. The number of phenolic OH excluding ortho intramolecular Hbond substituents is 1. The molecular weight excluding hydrogens is 352 g/mol. The normalized spacial score (nSPS) is 11.8. The SMILES string of the molecule is COc1ccc(C)cc1S(=O)(=O)N/N=C/c1c(O)ccc2ccccc12. The van der Waals surface area contributed by atoms with Crippen molar-refractivity contribution >= 4 is 27.0 Å². The van der Waals surface area contributed by atoms with Crippen molar-refractivity contribution in [3.05, 3.63) is 65.7 Å². The first-order chi connectivity index (χ1) is 12.4. The number of nitrogens with zero attached hydrogens (tertiary/aromatic N) is 1. The highest BCUT2D eigenvalue weighted by atomic mass is 32.2. The molecule has 2 N–H and O–H groups in total. The van der Waals surface area contributed by atoms with Crippen molar-refractivity contribution in [2.24, 2.45) is 5.10 Å². The van der Waals surface area contributed by atoms with E-state index in [0.29, 0.717) is 5.56 Å². The second-order valence-corrected chi connectivity index (χ2v) is 7.36. The maximum atomic E-state index is 12.5. The lowest BCUT2D eigenvalue weighted by atomic mass is 10.0. The van der Waals surface area contributed by atoms with Crippen molar-refractivity contribution in [3.8, 4) is 11.5 Å². The van der Waals surface area contributed by atoms with Crippen LogP contribution in [0.15, 0.2) is 64.6 Å². The van der Waals surface area contributed by atoms with Gasteiger partial charge in [0, 0.05) is 5.56 Å². The van der Waals surface area contributed by atoms with Crippen LogP contribution in [0, 0.1) is 6.92 Å². The largest absolute Gasteiger partial charge is 0.507 e. The van der Waals surface area contributed by atoms with Crippen LogP contribution in [-0.2, 0) is 10.0 Å². The van der Waals surface area contributed by atoms with Gasteiger partial charge >= 0.3 is 0 Å². The first-order valence-corrected chi connectivity index (χ1v) is 9.31. The monoisotopic (exact) mass is 370 g/mol. The average Bonchev–Trinajstić information content (AvgIpc) is 2.63. The lowest BCUT2D eigenvalue weighted by Gasteiger charge is -2.10. The minimum Gasteiger partial charge on any atom is -0.507 e. The molecule has 0 amide bonds. The highest BCUT2D eigenvalue weighted by Crippen LogP contribution is 2.26. The number of sulfonamides is 1. The number of ether oxygens (including phenoxy) is 1. The highest BCUT2D eigenvalue weighted by molar-refractivity contribution is 7.89. The van der Waals surface area contributed by atoms with E-state index in [9.17, 15) is 13.5 Å². The third-order valence-electron chi connectivity index (χ3n) is 3.92. The first kappa shape index (κ1) is 17.8. The average molecular weight is 370 g/mol. The van der Waals surface area contributed by atoms with Gasteiger partial charge in [-0.15, -0.1) is 0 Å². The van der Waals surface area contributed by atoms with E-state index in [1.54, 1.807) is 31.2 Å². The first-order valence-electron chi connectivity index (χ1n) is 7.82. The third-order valence-corrected chi connectivity index (χ3v) is 5.17. The molecule has 0 aliphatic carbocycles. The molecule has 0 aromatic heterocycles. The van der Waals surface area contributed by atoms with Crippen LogP contribution in [0.2, 0.25) is 0 Å². The maximum Gasteiger partial charge on any atom is 0.280 e. The van der Waals surface area contributed by atoms with E-state index in [1.165, 1.54) is 19.4 Å². The molecule has 0 heterocycles. The lowest BCUT2D eigenvalue weighted by molar-refractivity contribution is 0.402. The topological polar surface area (TPSA) is 88.0 Å². The summed E-state index contributed by atoms with van der Waals surface area (Å²) in [5.41, 5.74) is 1.21. The smallest absolute Gasteiger partial charge is 0.280 e. The van der Waals surface area contributed by atoms with Crippen LogP contribution in [0.3, 0.4) is 0 Å². The zero-order valence-corrected chi connectivity index (χ0v) is 15.1. The fourth-order valence-electron chi connectivity index (χ4n) is 2.62. The number of fused-ring (bicyclic) bond motifs is 1. The maximum absolute atomic E-state index is 12.5. The van der Waals surface area contributed by atoms with Gasteiger partial charge in [0.25, 0.3) is 10.0 Å². The summed E-state index contributed by atoms with van der Waals surface area (Å²) < 4.78 is 30.2. The van der Waals surface area contributed by atoms with Crippen molar-refractivity contribution in [1.29, 1.82) is 0 Å². The molecule has 0 fully saturated rings. The predicted octanol–water partition coefficient (Wildman–Crippen LogP) is 3.17. The van der Waals surface area contributed by atoms with Crippen molar-refractivity contribution < 1.29 is 18.3 Å². The Morgan fingerprint density at radius 1 is 1.12 bits per heavy atom. The summed E-state index contributed by atoms with van der Waals surface area (Å²) in [7, 11) is -2.51. The van der Waals surface area contributed by atoms with E-state index < -0.39 is 10.0 Å². The highest BCUT2D eigenvalue weighted by Gasteiger charge is 2.19. The van der Waals surface area contributed by atoms with Gasteiger partial charge in [-0.2, -0.15) is 18.4 Å². The van der Waals surface area contributed by atoms with Gasteiger partial charge in [0.2, 0.25) is 0 Å². The number of benzene rings is 3. The molecule has 0 spiro atoms. The summed E-state index contributed by atoms with van der Waals surface area (Å²) in [6, 6.07) is 15.6. The molecule has 0 aliphatic heterocycles. The Balaban J connectivity index is 1.94. The number of hydrogen-bond acceptors (Lipinski definition) is 5. The van der Waals surface area contributed by atoms with Gasteiger partial charge < -0.3 is 9.84 Å². The summed E-state index contributed by atoms with van der Waals surface area (Å²) in [5.74, 6) is 0.242. The van der Waals surface area contributed by atoms with Gasteiger partial charge in [-0.1, -0.05) is 36.4 Å². The minimum atomic E-state index is -3.92.